The van der Waals surface area contributed by atoms with E-state index >= 15 is 0 Å². The Hall–Kier alpha value is -1.27. The number of ether oxygens (including phenoxy) is 1. The van der Waals surface area contributed by atoms with Gasteiger partial charge in [-0.05, 0) is 30.3 Å². The van der Waals surface area contributed by atoms with Gasteiger partial charge in [-0.3, -0.25) is 0 Å². The summed E-state index contributed by atoms with van der Waals surface area (Å²) in [6.07, 6.45) is 0. The van der Waals surface area contributed by atoms with Crippen LogP contribution in [0.1, 0.15) is 0 Å². The standard InChI is InChI=1S/C14H13Cl2NO3S/c15-11-4-3-5-12(10-11)20-9-8-17-21(18,19)14-7-2-1-6-13(14)16/h1-7,10,17H,8-9H2. The maximum Gasteiger partial charge on any atom is 0.242 e. The highest BCUT2D eigenvalue weighted by molar-refractivity contribution is 7.89. The maximum atomic E-state index is 12.0. The van der Waals surface area contributed by atoms with Crippen molar-refractivity contribution in [3.05, 3.63) is 58.6 Å². The Morgan fingerprint density at radius 3 is 2.52 bits per heavy atom. The van der Waals surface area contributed by atoms with E-state index in [2.05, 4.69) is 4.72 Å². The quantitative estimate of drug-likeness (QED) is 0.816. The first-order chi connectivity index (χ1) is 9.99. The Balaban J connectivity index is 1.90. The molecule has 4 nitrogen and oxygen atoms in total. The molecule has 0 spiro atoms. The summed E-state index contributed by atoms with van der Waals surface area (Å²) in [4.78, 5) is 0.0504. The SMILES string of the molecule is O=S(=O)(NCCOc1cccc(Cl)c1)c1ccccc1Cl. The van der Waals surface area contributed by atoms with Crippen molar-refractivity contribution in [2.75, 3.05) is 13.2 Å². The largest absolute Gasteiger partial charge is 0.492 e. The van der Waals surface area contributed by atoms with E-state index in [-0.39, 0.29) is 23.1 Å². The molecule has 0 aliphatic rings. The fraction of sp³-hybridized carbons (Fsp3) is 0.143. The summed E-state index contributed by atoms with van der Waals surface area (Å²) < 4.78 is 31.9. The van der Waals surface area contributed by atoms with Crippen molar-refractivity contribution in [2.45, 2.75) is 4.90 Å². The van der Waals surface area contributed by atoms with E-state index in [1.54, 1.807) is 36.4 Å². The lowest BCUT2D eigenvalue weighted by Gasteiger charge is -2.09. The molecule has 0 bridgehead atoms. The van der Waals surface area contributed by atoms with Gasteiger partial charge in [0.2, 0.25) is 10.0 Å². The smallest absolute Gasteiger partial charge is 0.242 e. The second-order valence-corrected chi connectivity index (χ2v) is 6.71. The molecule has 2 rings (SSSR count). The van der Waals surface area contributed by atoms with Crippen molar-refractivity contribution in [3.8, 4) is 5.75 Å². The Labute approximate surface area is 133 Å². The lowest BCUT2D eigenvalue weighted by atomic mass is 10.3. The van der Waals surface area contributed by atoms with E-state index in [1.165, 1.54) is 12.1 Å². The Morgan fingerprint density at radius 2 is 1.81 bits per heavy atom. The number of sulfonamides is 1. The van der Waals surface area contributed by atoms with Crippen LogP contribution in [0.4, 0.5) is 0 Å². The van der Waals surface area contributed by atoms with E-state index < -0.39 is 10.0 Å². The van der Waals surface area contributed by atoms with E-state index in [9.17, 15) is 8.42 Å². The van der Waals surface area contributed by atoms with Crippen molar-refractivity contribution < 1.29 is 13.2 Å². The van der Waals surface area contributed by atoms with Crippen molar-refractivity contribution in [2.24, 2.45) is 0 Å². The summed E-state index contributed by atoms with van der Waals surface area (Å²) in [5.41, 5.74) is 0. The van der Waals surface area contributed by atoms with Gasteiger partial charge < -0.3 is 4.74 Å². The van der Waals surface area contributed by atoms with Crippen molar-refractivity contribution >= 4 is 33.2 Å². The average molecular weight is 346 g/mol. The van der Waals surface area contributed by atoms with Crippen LogP contribution in [0.15, 0.2) is 53.4 Å². The molecule has 0 saturated carbocycles. The maximum absolute atomic E-state index is 12.0. The monoisotopic (exact) mass is 345 g/mol. The first-order valence-corrected chi connectivity index (χ1v) is 8.35. The molecular formula is C14H13Cl2NO3S. The third kappa shape index (κ3) is 4.61. The van der Waals surface area contributed by atoms with Crippen LogP contribution in [0.25, 0.3) is 0 Å². The van der Waals surface area contributed by atoms with Gasteiger partial charge in [0.25, 0.3) is 0 Å². The predicted molar refractivity (Wildman–Crippen MR) is 83.6 cm³/mol. The van der Waals surface area contributed by atoms with Gasteiger partial charge in [-0.1, -0.05) is 41.4 Å². The number of hydrogen-bond donors (Lipinski definition) is 1. The number of benzene rings is 2. The second-order valence-electron chi connectivity index (χ2n) is 4.13. The highest BCUT2D eigenvalue weighted by atomic mass is 35.5. The summed E-state index contributed by atoms with van der Waals surface area (Å²) in [6.45, 7) is 0.310. The zero-order chi connectivity index (χ0) is 15.3. The summed E-state index contributed by atoms with van der Waals surface area (Å²) in [7, 11) is -3.64. The molecule has 0 aliphatic carbocycles. The van der Waals surface area contributed by atoms with Gasteiger partial charge >= 0.3 is 0 Å². The lowest BCUT2D eigenvalue weighted by Crippen LogP contribution is -2.28. The van der Waals surface area contributed by atoms with E-state index in [0.29, 0.717) is 10.8 Å². The number of halogens is 2. The van der Waals surface area contributed by atoms with Crippen molar-refractivity contribution in [3.63, 3.8) is 0 Å². The third-order valence-electron chi connectivity index (χ3n) is 2.59. The van der Waals surface area contributed by atoms with Crippen LogP contribution < -0.4 is 9.46 Å². The van der Waals surface area contributed by atoms with Gasteiger partial charge in [0.15, 0.2) is 0 Å². The molecule has 0 unspecified atom stereocenters. The molecule has 0 radical (unpaired) electrons. The molecule has 0 atom stereocenters. The van der Waals surface area contributed by atoms with Crippen LogP contribution >= 0.6 is 23.2 Å². The van der Waals surface area contributed by atoms with E-state index in [0.717, 1.165) is 0 Å². The Morgan fingerprint density at radius 1 is 1.05 bits per heavy atom. The van der Waals surface area contributed by atoms with Gasteiger partial charge in [0.1, 0.15) is 17.3 Å². The average Bonchev–Trinajstić information content (AvgIpc) is 2.44. The van der Waals surface area contributed by atoms with Crippen molar-refractivity contribution in [1.29, 1.82) is 0 Å². The molecular weight excluding hydrogens is 333 g/mol. The molecule has 7 heteroatoms. The zero-order valence-corrected chi connectivity index (χ0v) is 13.3. The number of nitrogens with one attached hydrogen (secondary N) is 1. The minimum Gasteiger partial charge on any atom is -0.492 e. The third-order valence-corrected chi connectivity index (χ3v) is 4.78. The van der Waals surface area contributed by atoms with E-state index in [1.807, 2.05) is 0 Å². The van der Waals surface area contributed by atoms with Gasteiger partial charge in [-0.15, -0.1) is 0 Å². The Kier molecular flexibility index (Phi) is 5.47. The van der Waals surface area contributed by atoms with Crippen LogP contribution in [-0.2, 0) is 10.0 Å². The second kappa shape index (κ2) is 7.13. The molecule has 21 heavy (non-hydrogen) atoms. The highest BCUT2D eigenvalue weighted by Crippen LogP contribution is 2.20. The highest BCUT2D eigenvalue weighted by Gasteiger charge is 2.16. The van der Waals surface area contributed by atoms with Crippen LogP contribution in [-0.4, -0.2) is 21.6 Å². The molecule has 1 N–H and O–H groups in total. The molecule has 0 aliphatic heterocycles. The molecule has 112 valence electrons. The molecule has 0 saturated heterocycles. The van der Waals surface area contributed by atoms with Crippen LogP contribution in [0.5, 0.6) is 5.75 Å². The lowest BCUT2D eigenvalue weighted by molar-refractivity contribution is 0.323. The van der Waals surface area contributed by atoms with Crippen LogP contribution in [0, 0.1) is 0 Å². The minimum absolute atomic E-state index is 0.0504. The van der Waals surface area contributed by atoms with Gasteiger partial charge in [0.05, 0.1) is 5.02 Å². The van der Waals surface area contributed by atoms with Crippen LogP contribution in [0.2, 0.25) is 10.0 Å². The van der Waals surface area contributed by atoms with Gasteiger partial charge in [-0.25, -0.2) is 13.1 Å². The molecule has 0 fully saturated rings. The minimum atomic E-state index is -3.64. The summed E-state index contributed by atoms with van der Waals surface area (Å²) in [6, 6.07) is 13.1. The molecule has 0 amide bonds. The zero-order valence-electron chi connectivity index (χ0n) is 10.9. The predicted octanol–water partition coefficient (Wildman–Crippen LogP) is 3.35. The first-order valence-electron chi connectivity index (χ1n) is 6.11. The Bertz CT molecular complexity index is 720. The molecule has 0 aromatic heterocycles. The van der Waals surface area contributed by atoms with Crippen molar-refractivity contribution in [1.82, 2.24) is 4.72 Å². The summed E-state index contributed by atoms with van der Waals surface area (Å²) in [5, 5.41) is 0.741. The first kappa shape index (κ1) is 16.1. The van der Waals surface area contributed by atoms with Gasteiger partial charge in [0, 0.05) is 11.6 Å². The number of hydrogen-bond acceptors (Lipinski definition) is 3. The summed E-state index contributed by atoms with van der Waals surface area (Å²) in [5.74, 6) is 0.583. The van der Waals surface area contributed by atoms with Crippen LogP contribution in [0.3, 0.4) is 0 Å². The van der Waals surface area contributed by atoms with Gasteiger partial charge in [-0.2, -0.15) is 0 Å². The molecule has 0 heterocycles. The molecule has 2 aromatic carbocycles. The number of rotatable bonds is 6. The normalized spacial score (nSPS) is 11.3. The van der Waals surface area contributed by atoms with E-state index in [4.69, 9.17) is 27.9 Å². The fourth-order valence-corrected chi connectivity index (χ4v) is 3.35. The fourth-order valence-electron chi connectivity index (χ4n) is 1.64. The topological polar surface area (TPSA) is 55.4 Å². The molecule has 2 aromatic rings. The summed E-state index contributed by atoms with van der Waals surface area (Å²) >= 11 is 11.7.